The Labute approximate surface area is 178 Å². The van der Waals surface area contributed by atoms with Crippen LogP contribution in [0.15, 0.2) is 47.0 Å². The van der Waals surface area contributed by atoms with Crippen molar-refractivity contribution in [3.63, 3.8) is 0 Å². The Kier molecular flexibility index (Phi) is 7.17. The highest BCUT2D eigenvalue weighted by Crippen LogP contribution is 2.24. The molecule has 0 radical (unpaired) electrons. The van der Waals surface area contributed by atoms with Crippen molar-refractivity contribution < 1.29 is 23.6 Å². The summed E-state index contributed by atoms with van der Waals surface area (Å²) in [6.45, 7) is 0.904. The molecule has 3 aromatic rings. The van der Waals surface area contributed by atoms with Crippen LogP contribution in [0.1, 0.15) is 27.5 Å². The first-order chi connectivity index (χ1) is 15.0. The summed E-state index contributed by atoms with van der Waals surface area (Å²) in [6.07, 6.45) is 0.651. The first-order valence-electron chi connectivity index (χ1n) is 9.51. The lowest BCUT2D eigenvalue weighted by atomic mass is 10.1. The van der Waals surface area contributed by atoms with Crippen LogP contribution in [-0.2, 0) is 0 Å². The normalized spacial score (nSPS) is 10.4. The van der Waals surface area contributed by atoms with Gasteiger partial charge in [0.05, 0.1) is 19.8 Å². The van der Waals surface area contributed by atoms with Crippen molar-refractivity contribution in [2.24, 2.45) is 5.73 Å². The molecular weight excluding hydrogens is 402 g/mol. The highest BCUT2D eigenvalue weighted by atomic mass is 16.5. The number of anilines is 1. The zero-order valence-electron chi connectivity index (χ0n) is 17.2. The maximum absolute atomic E-state index is 12.5. The van der Waals surface area contributed by atoms with E-state index >= 15 is 0 Å². The van der Waals surface area contributed by atoms with Gasteiger partial charge >= 0.3 is 11.8 Å². The minimum absolute atomic E-state index is 0.212. The predicted octanol–water partition coefficient (Wildman–Crippen LogP) is 2.08. The Morgan fingerprint density at radius 3 is 2.52 bits per heavy atom. The highest BCUT2D eigenvalue weighted by molar-refractivity contribution is 6.03. The fourth-order valence-electron chi connectivity index (χ4n) is 2.72. The number of hydrogen-bond acceptors (Lipinski definition) is 8. The number of aromatic nitrogens is 2. The van der Waals surface area contributed by atoms with Crippen LogP contribution in [-0.4, -0.2) is 49.3 Å². The van der Waals surface area contributed by atoms with E-state index in [1.165, 1.54) is 13.2 Å². The number of hydrogen-bond donors (Lipinski definition) is 3. The zero-order valence-corrected chi connectivity index (χ0v) is 17.2. The summed E-state index contributed by atoms with van der Waals surface area (Å²) in [4.78, 5) is 29.1. The lowest BCUT2D eigenvalue weighted by Crippen LogP contribution is -2.26. The van der Waals surface area contributed by atoms with Crippen LogP contribution in [0.25, 0.3) is 11.4 Å². The van der Waals surface area contributed by atoms with E-state index < -0.39 is 5.91 Å². The molecule has 0 fully saturated rings. The SMILES string of the molecule is COc1ccc(-c2noc(C(=O)Nc3ccc(OC)c(C(=O)NCCCN)c3)n2)cc1. The standard InChI is InChI=1S/C21H23N5O5/c1-29-15-7-4-13(5-8-15)18-25-21(31-26-18)20(28)24-14-6-9-17(30-2)16(12-14)19(27)23-11-3-10-22/h4-9,12H,3,10-11,22H2,1-2H3,(H,23,27)(H,24,28). The van der Waals surface area contributed by atoms with Crippen LogP contribution < -0.4 is 25.8 Å². The number of amides is 2. The Morgan fingerprint density at radius 2 is 1.84 bits per heavy atom. The summed E-state index contributed by atoms with van der Waals surface area (Å²) < 4.78 is 15.4. The minimum Gasteiger partial charge on any atom is -0.497 e. The maximum Gasteiger partial charge on any atom is 0.316 e. The molecule has 1 aromatic heterocycles. The molecule has 0 saturated carbocycles. The Bertz CT molecular complexity index is 1050. The van der Waals surface area contributed by atoms with Crippen molar-refractivity contribution in [2.45, 2.75) is 6.42 Å². The average molecular weight is 425 g/mol. The van der Waals surface area contributed by atoms with Crippen molar-refractivity contribution in [1.29, 1.82) is 0 Å². The molecule has 2 amide bonds. The fourth-order valence-corrected chi connectivity index (χ4v) is 2.72. The van der Waals surface area contributed by atoms with Gasteiger partial charge in [-0.1, -0.05) is 5.16 Å². The fraction of sp³-hybridized carbons (Fsp3) is 0.238. The third-order valence-electron chi connectivity index (χ3n) is 4.34. The van der Waals surface area contributed by atoms with Crippen LogP contribution in [0.2, 0.25) is 0 Å². The van der Waals surface area contributed by atoms with Crippen LogP contribution in [0.4, 0.5) is 5.69 Å². The molecule has 3 rings (SSSR count). The lowest BCUT2D eigenvalue weighted by molar-refractivity contribution is 0.0947. The van der Waals surface area contributed by atoms with E-state index in [1.54, 1.807) is 43.5 Å². The molecule has 31 heavy (non-hydrogen) atoms. The molecule has 162 valence electrons. The molecule has 1 heterocycles. The number of nitrogens with zero attached hydrogens (tertiary/aromatic N) is 2. The average Bonchev–Trinajstić information content (AvgIpc) is 3.29. The van der Waals surface area contributed by atoms with E-state index in [2.05, 4.69) is 20.8 Å². The third kappa shape index (κ3) is 5.37. The van der Waals surface area contributed by atoms with Gasteiger partial charge in [-0.25, -0.2) is 0 Å². The molecule has 0 aliphatic heterocycles. The number of nitrogens with one attached hydrogen (secondary N) is 2. The van der Waals surface area contributed by atoms with Crippen LogP contribution in [0.5, 0.6) is 11.5 Å². The summed E-state index contributed by atoms with van der Waals surface area (Å²) in [5.74, 6) is 0.182. The van der Waals surface area contributed by atoms with Gasteiger partial charge in [-0.05, 0) is 55.4 Å². The highest BCUT2D eigenvalue weighted by Gasteiger charge is 2.18. The van der Waals surface area contributed by atoms with Gasteiger partial charge in [0.1, 0.15) is 11.5 Å². The summed E-state index contributed by atoms with van der Waals surface area (Å²) in [5, 5.41) is 9.24. The van der Waals surface area contributed by atoms with E-state index in [1.807, 2.05) is 0 Å². The Balaban J connectivity index is 1.73. The maximum atomic E-state index is 12.5. The number of rotatable bonds is 9. The van der Waals surface area contributed by atoms with Gasteiger partial charge in [-0.15, -0.1) is 0 Å². The predicted molar refractivity (Wildman–Crippen MR) is 113 cm³/mol. The monoisotopic (exact) mass is 425 g/mol. The van der Waals surface area contributed by atoms with E-state index in [0.29, 0.717) is 42.3 Å². The number of nitrogens with two attached hydrogens (primary N) is 1. The smallest absolute Gasteiger partial charge is 0.316 e. The van der Waals surface area contributed by atoms with Gasteiger partial charge in [0.25, 0.3) is 5.91 Å². The van der Waals surface area contributed by atoms with Crippen molar-refractivity contribution in [2.75, 3.05) is 32.6 Å². The molecule has 0 aliphatic carbocycles. The third-order valence-corrected chi connectivity index (χ3v) is 4.34. The molecule has 10 heteroatoms. The van der Waals surface area contributed by atoms with Gasteiger partial charge in [0.2, 0.25) is 5.82 Å². The second-order valence-corrected chi connectivity index (χ2v) is 6.42. The second kappa shape index (κ2) is 10.2. The molecule has 0 unspecified atom stereocenters. The zero-order chi connectivity index (χ0) is 22.2. The number of carbonyl (C=O) groups is 2. The summed E-state index contributed by atoms with van der Waals surface area (Å²) in [7, 11) is 3.03. The number of methoxy groups -OCH3 is 2. The van der Waals surface area contributed by atoms with Crippen LogP contribution in [0, 0.1) is 0 Å². The Morgan fingerprint density at radius 1 is 1.06 bits per heavy atom. The van der Waals surface area contributed by atoms with E-state index in [9.17, 15) is 9.59 Å². The molecule has 2 aromatic carbocycles. The molecule has 0 spiro atoms. The molecule has 4 N–H and O–H groups in total. The van der Waals surface area contributed by atoms with Gasteiger partial charge < -0.3 is 30.4 Å². The minimum atomic E-state index is -0.605. The first kappa shape index (κ1) is 21.8. The molecule has 10 nitrogen and oxygen atoms in total. The lowest BCUT2D eigenvalue weighted by Gasteiger charge is -2.11. The van der Waals surface area contributed by atoms with E-state index in [0.717, 1.165) is 0 Å². The summed E-state index contributed by atoms with van der Waals surface area (Å²) in [6, 6.07) is 11.7. The van der Waals surface area contributed by atoms with Crippen molar-refractivity contribution >= 4 is 17.5 Å². The summed E-state index contributed by atoms with van der Waals surface area (Å²) in [5.41, 5.74) is 6.77. The number of benzene rings is 2. The van der Waals surface area contributed by atoms with Crippen LogP contribution in [0.3, 0.4) is 0 Å². The van der Waals surface area contributed by atoms with Crippen molar-refractivity contribution in [3.8, 4) is 22.9 Å². The largest absolute Gasteiger partial charge is 0.497 e. The van der Waals surface area contributed by atoms with Gasteiger partial charge in [-0.2, -0.15) is 4.98 Å². The molecule has 0 aliphatic rings. The molecule has 0 bridgehead atoms. The topological polar surface area (TPSA) is 142 Å². The van der Waals surface area contributed by atoms with Gasteiger partial charge in [0.15, 0.2) is 0 Å². The quantitative estimate of drug-likeness (QED) is 0.443. The van der Waals surface area contributed by atoms with E-state index in [-0.39, 0.29) is 23.2 Å². The summed E-state index contributed by atoms with van der Waals surface area (Å²) >= 11 is 0. The molecule has 0 atom stereocenters. The molecule has 0 saturated heterocycles. The van der Waals surface area contributed by atoms with Crippen LogP contribution >= 0.6 is 0 Å². The van der Waals surface area contributed by atoms with Crippen molar-refractivity contribution in [1.82, 2.24) is 15.5 Å². The first-order valence-corrected chi connectivity index (χ1v) is 9.51. The van der Waals surface area contributed by atoms with Crippen molar-refractivity contribution in [3.05, 3.63) is 53.9 Å². The van der Waals surface area contributed by atoms with Gasteiger partial charge in [-0.3, -0.25) is 9.59 Å². The van der Waals surface area contributed by atoms with E-state index in [4.69, 9.17) is 19.7 Å². The number of ether oxygens (including phenoxy) is 2. The number of carbonyl (C=O) groups excluding carboxylic acids is 2. The Hall–Kier alpha value is -3.92. The second-order valence-electron chi connectivity index (χ2n) is 6.42. The van der Waals surface area contributed by atoms with Gasteiger partial charge in [0, 0.05) is 17.8 Å². The molecular formula is C21H23N5O5.